The smallest absolute Gasteiger partial charge is 0.205 e. The Bertz CT molecular complexity index is 553. The molecule has 0 aliphatic carbocycles. The normalized spacial score (nSPS) is 10.4. The quantitative estimate of drug-likeness (QED) is 0.743. The van der Waals surface area contributed by atoms with Crippen LogP contribution in [0.3, 0.4) is 0 Å². The summed E-state index contributed by atoms with van der Waals surface area (Å²) in [4.78, 5) is 12.5. The molecule has 1 nitrogen and oxygen atoms in total. The summed E-state index contributed by atoms with van der Waals surface area (Å²) in [7, 11) is 0. The van der Waals surface area contributed by atoms with E-state index in [1.54, 1.807) is 11.4 Å². The Balaban J connectivity index is 2.49. The van der Waals surface area contributed by atoms with Gasteiger partial charge in [-0.15, -0.1) is 11.3 Å². The molecule has 0 saturated carbocycles. The summed E-state index contributed by atoms with van der Waals surface area (Å²) in [5.74, 6) is -0.717. The Labute approximate surface area is 109 Å². The topological polar surface area (TPSA) is 17.1 Å². The van der Waals surface area contributed by atoms with Crippen LogP contribution in [0.25, 0.3) is 0 Å². The third kappa shape index (κ3) is 2.19. The zero-order valence-corrected chi connectivity index (χ0v) is 11.0. The van der Waals surface area contributed by atoms with Gasteiger partial charge in [0.05, 0.1) is 9.90 Å². The van der Waals surface area contributed by atoms with Crippen molar-refractivity contribution >= 4 is 44.7 Å². The van der Waals surface area contributed by atoms with Crippen LogP contribution in [-0.4, -0.2) is 5.78 Å². The van der Waals surface area contributed by atoms with E-state index in [-0.39, 0.29) is 11.3 Å². The third-order valence-electron chi connectivity index (χ3n) is 2.00. The van der Waals surface area contributed by atoms with Crippen molar-refractivity contribution in [3.05, 3.63) is 55.4 Å². The molecule has 0 atom stereocenters. The molecule has 0 bridgehead atoms. The number of ketones is 1. The molecule has 0 amide bonds. The summed E-state index contributed by atoms with van der Waals surface area (Å²) in [6.45, 7) is 0. The number of halogens is 3. The maximum atomic E-state index is 13.0. The molecule has 0 N–H and O–H groups in total. The van der Waals surface area contributed by atoms with Crippen LogP contribution in [0.4, 0.5) is 4.39 Å². The van der Waals surface area contributed by atoms with E-state index in [4.69, 9.17) is 11.6 Å². The largest absolute Gasteiger partial charge is 0.288 e. The van der Waals surface area contributed by atoms with Crippen molar-refractivity contribution in [1.29, 1.82) is 0 Å². The van der Waals surface area contributed by atoms with Gasteiger partial charge in [0, 0.05) is 10.0 Å². The second-order valence-corrected chi connectivity index (χ2v) is 5.23. The highest BCUT2D eigenvalue weighted by Gasteiger charge is 2.17. The lowest BCUT2D eigenvalue weighted by molar-refractivity contribution is 0.104. The average molecular weight is 320 g/mol. The number of carbonyl (C=O) groups is 1. The number of hydrogen-bond donors (Lipinski definition) is 0. The molecule has 5 heteroatoms. The highest BCUT2D eigenvalue weighted by atomic mass is 79.9. The lowest BCUT2D eigenvalue weighted by Gasteiger charge is -2.02. The number of benzene rings is 1. The van der Waals surface area contributed by atoms with Crippen molar-refractivity contribution < 1.29 is 9.18 Å². The molecule has 0 aliphatic heterocycles. The third-order valence-corrected chi connectivity index (χ3v) is 4.03. The van der Waals surface area contributed by atoms with E-state index >= 15 is 0 Å². The SMILES string of the molecule is O=C(c1cc(F)ccc1Br)c1sccc1Cl. The van der Waals surface area contributed by atoms with Gasteiger partial charge in [-0.25, -0.2) is 4.39 Å². The van der Waals surface area contributed by atoms with Crippen LogP contribution < -0.4 is 0 Å². The van der Waals surface area contributed by atoms with Crippen LogP contribution in [0.2, 0.25) is 5.02 Å². The molecule has 1 heterocycles. The maximum absolute atomic E-state index is 13.0. The average Bonchev–Trinajstić information content (AvgIpc) is 2.67. The molecule has 0 saturated heterocycles. The number of rotatable bonds is 2. The number of carbonyl (C=O) groups excluding carboxylic acids is 1. The van der Waals surface area contributed by atoms with Gasteiger partial charge in [0.25, 0.3) is 0 Å². The number of thiophene rings is 1. The molecule has 82 valence electrons. The molecule has 16 heavy (non-hydrogen) atoms. The van der Waals surface area contributed by atoms with Gasteiger partial charge in [0.2, 0.25) is 5.78 Å². The molecule has 0 fully saturated rings. The Morgan fingerprint density at radius 2 is 2.12 bits per heavy atom. The summed E-state index contributed by atoms with van der Waals surface area (Å²) in [6, 6.07) is 5.64. The molecule has 0 aliphatic rings. The van der Waals surface area contributed by atoms with Gasteiger partial charge in [-0.2, -0.15) is 0 Å². The Morgan fingerprint density at radius 1 is 1.38 bits per heavy atom. The first-order valence-electron chi connectivity index (χ1n) is 4.32. The van der Waals surface area contributed by atoms with E-state index < -0.39 is 5.82 Å². The summed E-state index contributed by atoms with van der Waals surface area (Å²) in [6.07, 6.45) is 0. The van der Waals surface area contributed by atoms with Gasteiger partial charge in [0.1, 0.15) is 5.82 Å². The van der Waals surface area contributed by atoms with E-state index in [1.807, 2.05) is 0 Å². The highest BCUT2D eigenvalue weighted by Crippen LogP contribution is 2.28. The Hall–Kier alpha value is -0.710. The standard InChI is InChI=1S/C11H5BrClFOS/c12-8-2-1-6(14)5-7(8)10(15)11-9(13)3-4-16-11/h1-5H. The van der Waals surface area contributed by atoms with Crippen LogP contribution in [0, 0.1) is 5.82 Å². The minimum absolute atomic E-state index is 0.272. The van der Waals surface area contributed by atoms with Crippen LogP contribution in [0.5, 0.6) is 0 Å². The Kier molecular flexibility index (Phi) is 3.42. The van der Waals surface area contributed by atoms with Crippen LogP contribution in [0.15, 0.2) is 34.1 Å². The van der Waals surface area contributed by atoms with Crippen molar-refractivity contribution in [3.63, 3.8) is 0 Å². The minimum atomic E-state index is -0.445. The first-order chi connectivity index (χ1) is 7.59. The molecular weight excluding hydrogens is 315 g/mol. The van der Waals surface area contributed by atoms with E-state index in [1.165, 1.54) is 29.5 Å². The van der Waals surface area contributed by atoms with Gasteiger partial charge in [0.15, 0.2) is 0 Å². The highest BCUT2D eigenvalue weighted by molar-refractivity contribution is 9.10. The second-order valence-electron chi connectivity index (χ2n) is 3.05. The Morgan fingerprint density at radius 3 is 2.75 bits per heavy atom. The van der Waals surface area contributed by atoms with Crippen molar-refractivity contribution in [3.8, 4) is 0 Å². The van der Waals surface area contributed by atoms with Gasteiger partial charge >= 0.3 is 0 Å². The van der Waals surface area contributed by atoms with E-state index in [2.05, 4.69) is 15.9 Å². The molecular formula is C11H5BrClFOS. The molecule has 0 unspecified atom stereocenters. The first kappa shape index (κ1) is 11.8. The van der Waals surface area contributed by atoms with Crippen molar-refractivity contribution in [2.24, 2.45) is 0 Å². The van der Waals surface area contributed by atoms with Crippen molar-refractivity contribution in [2.45, 2.75) is 0 Å². The van der Waals surface area contributed by atoms with Crippen molar-refractivity contribution in [2.75, 3.05) is 0 Å². The van der Waals surface area contributed by atoms with Crippen molar-refractivity contribution in [1.82, 2.24) is 0 Å². The summed E-state index contributed by atoms with van der Waals surface area (Å²) >= 11 is 10.3. The lowest BCUT2D eigenvalue weighted by Crippen LogP contribution is -2.01. The summed E-state index contributed by atoms with van der Waals surface area (Å²) in [5.41, 5.74) is 0.282. The molecule has 0 spiro atoms. The second kappa shape index (κ2) is 4.65. The summed E-state index contributed by atoms with van der Waals surface area (Å²) < 4.78 is 13.6. The molecule has 1 aromatic heterocycles. The van der Waals surface area contributed by atoms with Gasteiger partial charge in [-0.1, -0.05) is 27.5 Å². The lowest BCUT2D eigenvalue weighted by atomic mass is 10.1. The summed E-state index contributed by atoms with van der Waals surface area (Å²) in [5, 5.41) is 2.12. The first-order valence-corrected chi connectivity index (χ1v) is 6.37. The molecule has 2 rings (SSSR count). The van der Waals surface area contributed by atoms with Crippen LogP contribution >= 0.6 is 38.9 Å². The zero-order valence-electron chi connectivity index (χ0n) is 7.84. The molecule has 2 aromatic rings. The van der Waals surface area contributed by atoms with E-state index in [9.17, 15) is 9.18 Å². The molecule has 0 radical (unpaired) electrons. The van der Waals surface area contributed by atoms with Crippen LogP contribution in [-0.2, 0) is 0 Å². The fraction of sp³-hybridized carbons (Fsp3) is 0. The van der Waals surface area contributed by atoms with E-state index in [0.717, 1.165) is 0 Å². The minimum Gasteiger partial charge on any atom is -0.288 e. The monoisotopic (exact) mass is 318 g/mol. The van der Waals surface area contributed by atoms with Gasteiger partial charge in [-0.3, -0.25) is 4.79 Å². The van der Waals surface area contributed by atoms with Crippen LogP contribution in [0.1, 0.15) is 15.2 Å². The van der Waals surface area contributed by atoms with Gasteiger partial charge < -0.3 is 0 Å². The van der Waals surface area contributed by atoms with Gasteiger partial charge in [-0.05, 0) is 29.6 Å². The maximum Gasteiger partial charge on any atom is 0.205 e. The number of hydrogen-bond acceptors (Lipinski definition) is 2. The van der Waals surface area contributed by atoms with E-state index in [0.29, 0.717) is 14.4 Å². The molecule has 1 aromatic carbocycles. The fourth-order valence-electron chi connectivity index (χ4n) is 1.25. The predicted octanol–water partition coefficient (Wildman–Crippen LogP) is 4.53. The zero-order chi connectivity index (χ0) is 11.7. The predicted molar refractivity (Wildman–Crippen MR) is 66.9 cm³/mol. The fourth-order valence-corrected chi connectivity index (χ4v) is 2.77.